The molecule has 0 saturated carbocycles. The summed E-state index contributed by atoms with van der Waals surface area (Å²) in [6, 6.07) is 15.0. The van der Waals surface area contributed by atoms with Crippen molar-refractivity contribution in [3.63, 3.8) is 0 Å². The third kappa shape index (κ3) is 3.10. The molecule has 2 aromatic carbocycles. The van der Waals surface area contributed by atoms with Gasteiger partial charge in [-0.2, -0.15) is 0 Å². The normalized spacial score (nSPS) is 18.2. The fourth-order valence-electron chi connectivity index (χ4n) is 2.60. The first kappa shape index (κ1) is 14.2. The second-order valence-electron chi connectivity index (χ2n) is 4.99. The van der Waals surface area contributed by atoms with E-state index in [1.54, 1.807) is 0 Å². The van der Waals surface area contributed by atoms with E-state index in [9.17, 15) is 0 Å². The Hall–Kier alpha value is -0.780. The van der Waals surface area contributed by atoms with Crippen molar-refractivity contribution in [3.8, 4) is 0 Å². The van der Waals surface area contributed by atoms with Crippen molar-refractivity contribution < 1.29 is 0 Å². The van der Waals surface area contributed by atoms with Gasteiger partial charge in [-0.25, -0.2) is 0 Å². The number of hydrogen-bond donors (Lipinski definition) is 2. The van der Waals surface area contributed by atoms with Crippen molar-refractivity contribution >= 4 is 39.9 Å². The minimum absolute atomic E-state index is 0.304. The largest absolute Gasteiger partial charge is 0.377 e. The Morgan fingerprint density at radius 3 is 2.90 bits per heavy atom. The summed E-state index contributed by atoms with van der Waals surface area (Å²) in [6.45, 7) is 1.95. The van der Waals surface area contributed by atoms with Gasteiger partial charge in [0.2, 0.25) is 0 Å². The number of nitrogens with one attached hydrogen (secondary N) is 2. The summed E-state index contributed by atoms with van der Waals surface area (Å²) in [5.41, 5.74) is 3.74. The van der Waals surface area contributed by atoms with Gasteiger partial charge >= 0.3 is 0 Å². The number of rotatable bonds is 2. The van der Waals surface area contributed by atoms with Crippen LogP contribution in [-0.4, -0.2) is 6.54 Å². The molecule has 0 spiro atoms. The topological polar surface area (TPSA) is 24.1 Å². The second-order valence-corrected chi connectivity index (χ2v) is 6.64. The molecule has 2 N–H and O–H groups in total. The smallest absolute Gasteiger partial charge is 0.0648 e. The summed E-state index contributed by atoms with van der Waals surface area (Å²) in [5, 5.41) is 7.85. The van der Waals surface area contributed by atoms with Gasteiger partial charge in [0.25, 0.3) is 0 Å². The predicted molar refractivity (Wildman–Crippen MR) is 93.3 cm³/mol. The number of benzene rings is 2. The molecule has 1 aliphatic heterocycles. The lowest BCUT2D eigenvalue weighted by atomic mass is 9.99. The maximum absolute atomic E-state index is 6.33. The molecule has 1 aliphatic rings. The predicted octanol–water partition coefficient (Wildman–Crippen LogP) is 4.59. The molecule has 1 atom stereocenters. The van der Waals surface area contributed by atoms with E-state index >= 15 is 0 Å². The number of fused-ring (bicyclic) bond motifs is 1. The van der Waals surface area contributed by atoms with Gasteiger partial charge in [0.15, 0.2) is 0 Å². The molecule has 20 heavy (non-hydrogen) atoms. The third-order valence-corrected chi connectivity index (χ3v) is 4.60. The van der Waals surface area contributed by atoms with Crippen LogP contribution in [0.5, 0.6) is 0 Å². The molecule has 0 radical (unpaired) electrons. The van der Waals surface area contributed by atoms with Crippen LogP contribution in [0.4, 0.5) is 5.69 Å². The zero-order valence-electron chi connectivity index (χ0n) is 11.0. The Bertz CT molecular complexity index is 615. The van der Waals surface area contributed by atoms with Gasteiger partial charge in [0.1, 0.15) is 0 Å². The molecule has 0 saturated heterocycles. The molecule has 104 valence electrons. The molecule has 0 aliphatic carbocycles. The summed E-state index contributed by atoms with van der Waals surface area (Å²) < 4.78 is 1.15. The molecule has 0 fully saturated rings. The molecule has 2 nitrogen and oxygen atoms in total. The second kappa shape index (κ2) is 6.33. The average molecular weight is 399 g/mol. The number of hydrogen-bond acceptors (Lipinski definition) is 2. The number of anilines is 1. The molecule has 2 aromatic rings. The van der Waals surface area contributed by atoms with E-state index in [-0.39, 0.29) is 0 Å². The molecular weight excluding hydrogens is 383 g/mol. The van der Waals surface area contributed by atoms with Crippen LogP contribution >= 0.6 is 34.2 Å². The van der Waals surface area contributed by atoms with Crippen LogP contribution in [0.1, 0.15) is 23.6 Å². The first-order chi connectivity index (χ1) is 9.74. The van der Waals surface area contributed by atoms with Crippen LogP contribution < -0.4 is 10.6 Å². The molecule has 0 bridgehead atoms. The minimum Gasteiger partial charge on any atom is -0.377 e. The van der Waals surface area contributed by atoms with E-state index in [1.165, 1.54) is 11.1 Å². The maximum atomic E-state index is 6.33. The average Bonchev–Trinajstić information content (AvgIpc) is 2.65. The van der Waals surface area contributed by atoms with Crippen molar-refractivity contribution in [1.82, 2.24) is 5.32 Å². The van der Waals surface area contributed by atoms with Crippen molar-refractivity contribution in [2.24, 2.45) is 0 Å². The van der Waals surface area contributed by atoms with Crippen LogP contribution in [0, 0.1) is 3.57 Å². The molecule has 3 rings (SSSR count). The van der Waals surface area contributed by atoms with Gasteiger partial charge in [-0.05, 0) is 64.9 Å². The zero-order valence-corrected chi connectivity index (χ0v) is 13.9. The molecular formula is C16H16ClIN2. The SMILES string of the molecule is Clc1cc(I)ccc1NC1CCNCc2ccccc21. The Morgan fingerprint density at radius 2 is 2.05 bits per heavy atom. The van der Waals surface area contributed by atoms with Crippen LogP contribution in [-0.2, 0) is 6.54 Å². The standard InChI is InChI=1S/C16H16ClIN2/c17-14-9-12(18)5-6-16(14)20-15-7-8-19-10-11-3-1-2-4-13(11)15/h1-6,9,15,19-20H,7-8,10H2. The molecule has 4 heteroatoms. The first-order valence-corrected chi connectivity index (χ1v) is 8.20. The van der Waals surface area contributed by atoms with Crippen LogP contribution in [0.15, 0.2) is 42.5 Å². The Balaban J connectivity index is 1.90. The lowest BCUT2D eigenvalue weighted by Gasteiger charge is -2.21. The van der Waals surface area contributed by atoms with Gasteiger partial charge in [-0.15, -0.1) is 0 Å². The highest BCUT2D eigenvalue weighted by molar-refractivity contribution is 14.1. The Kier molecular flexibility index (Phi) is 4.48. The number of halogens is 2. The summed E-state index contributed by atoms with van der Waals surface area (Å²) in [6.07, 6.45) is 1.05. The van der Waals surface area contributed by atoms with Crippen molar-refractivity contribution in [1.29, 1.82) is 0 Å². The Labute approximate surface area is 138 Å². The maximum Gasteiger partial charge on any atom is 0.0648 e. The van der Waals surface area contributed by atoms with E-state index in [0.717, 1.165) is 33.8 Å². The van der Waals surface area contributed by atoms with E-state index < -0.39 is 0 Å². The van der Waals surface area contributed by atoms with Gasteiger partial charge < -0.3 is 10.6 Å². The molecule has 0 aromatic heterocycles. The van der Waals surface area contributed by atoms with Gasteiger partial charge in [-0.1, -0.05) is 35.9 Å². The fraction of sp³-hybridized carbons (Fsp3) is 0.250. The monoisotopic (exact) mass is 398 g/mol. The minimum atomic E-state index is 0.304. The van der Waals surface area contributed by atoms with Crippen LogP contribution in [0.2, 0.25) is 5.02 Å². The zero-order chi connectivity index (χ0) is 13.9. The summed E-state index contributed by atoms with van der Waals surface area (Å²) in [7, 11) is 0. The Morgan fingerprint density at radius 1 is 1.20 bits per heavy atom. The lowest BCUT2D eigenvalue weighted by Crippen LogP contribution is -2.15. The molecule has 1 unspecified atom stereocenters. The van der Waals surface area contributed by atoms with Gasteiger partial charge in [0, 0.05) is 10.1 Å². The van der Waals surface area contributed by atoms with Crippen molar-refractivity contribution in [2.45, 2.75) is 19.0 Å². The van der Waals surface area contributed by atoms with Crippen LogP contribution in [0.3, 0.4) is 0 Å². The van der Waals surface area contributed by atoms with Crippen LogP contribution in [0.25, 0.3) is 0 Å². The fourth-order valence-corrected chi connectivity index (χ4v) is 3.51. The summed E-state index contributed by atoms with van der Waals surface area (Å²) in [5.74, 6) is 0. The quantitative estimate of drug-likeness (QED) is 0.723. The van der Waals surface area contributed by atoms with Crippen molar-refractivity contribution in [3.05, 3.63) is 62.2 Å². The highest BCUT2D eigenvalue weighted by Gasteiger charge is 2.18. The highest BCUT2D eigenvalue weighted by atomic mass is 127. The first-order valence-electron chi connectivity index (χ1n) is 6.74. The third-order valence-electron chi connectivity index (χ3n) is 3.62. The van der Waals surface area contributed by atoms with Crippen molar-refractivity contribution in [2.75, 3.05) is 11.9 Å². The molecule has 1 heterocycles. The van der Waals surface area contributed by atoms with E-state index in [1.807, 2.05) is 6.07 Å². The lowest BCUT2D eigenvalue weighted by molar-refractivity contribution is 0.637. The van der Waals surface area contributed by atoms with Gasteiger partial charge in [-0.3, -0.25) is 0 Å². The van der Waals surface area contributed by atoms with E-state index in [0.29, 0.717) is 6.04 Å². The molecule has 0 amide bonds. The highest BCUT2D eigenvalue weighted by Crippen LogP contribution is 2.31. The summed E-state index contributed by atoms with van der Waals surface area (Å²) >= 11 is 8.61. The van der Waals surface area contributed by atoms with E-state index in [4.69, 9.17) is 11.6 Å². The van der Waals surface area contributed by atoms with Gasteiger partial charge in [0.05, 0.1) is 16.8 Å². The van der Waals surface area contributed by atoms with E-state index in [2.05, 4.69) is 69.6 Å². The summed E-state index contributed by atoms with van der Waals surface area (Å²) in [4.78, 5) is 0.